The molecule has 7 heteroatoms. The Hall–Kier alpha value is -0.660. The van der Waals surface area contributed by atoms with Gasteiger partial charge in [0.1, 0.15) is 11.9 Å². The largest absolute Gasteiger partial charge is 0.460 e. The van der Waals surface area contributed by atoms with Crippen molar-refractivity contribution in [2.45, 2.75) is 38.4 Å². The molecule has 2 atom stereocenters. The maximum absolute atomic E-state index is 11.4. The summed E-state index contributed by atoms with van der Waals surface area (Å²) in [7, 11) is -3.66. The van der Waals surface area contributed by atoms with Gasteiger partial charge < -0.3 is 9.47 Å². The fourth-order valence-corrected chi connectivity index (χ4v) is 3.60. The van der Waals surface area contributed by atoms with E-state index in [2.05, 4.69) is 0 Å². The molecule has 2 aliphatic heterocycles. The lowest BCUT2D eigenvalue weighted by Crippen LogP contribution is -2.39. The highest BCUT2D eigenvalue weighted by atomic mass is 32.2. The fraction of sp³-hybridized carbons (Fsp3) is 0.900. The number of ether oxygens (including phenoxy) is 2. The van der Waals surface area contributed by atoms with E-state index in [1.807, 2.05) is 13.8 Å². The van der Waals surface area contributed by atoms with Crippen LogP contribution in [-0.2, 0) is 24.3 Å². The molecule has 1 spiro atoms. The van der Waals surface area contributed by atoms with Gasteiger partial charge >= 0.3 is 5.97 Å². The van der Waals surface area contributed by atoms with Crippen molar-refractivity contribution >= 4 is 16.0 Å². The summed E-state index contributed by atoms with van der Waals surface area (Å²) in [5.74, 6) is -0.710. The average molecular weight is 263 g/mol. The zero-order valence-corrected chi connectivity index (χ0v) is 10.7. The normalized spacial score (nSPS) is 36.4. The molecule has 0 amide bonds. The van der Waals surface area contributed by atoms with Crippen molar-refractivity contribution in [2.75, 3.05) is 12.4 Å². The lowest BCUT2D eigenvalue weighted by molar-refractivity contribution is -0.140. The lowest BCUT2D eigenvalue weighted by Gasteiger charge is -2.26. The van der Waals surface area contributed by atoms with Crippen LogP contribution in [0.2, 0.25) is 0 Å². The number of carbonyl (C=O) groups excluding carboxylic acids is 1. The maximum Gasteiger partial charge on any atom is 0.306 e. The van der Waals surface area contributed by atoms with E-state index in [1.165, 1.54) is 0 Å². The molecule has 2 fully saturated rings. The van der Waals surface area contributed by atoms with Gasteiger partial charge in [-0.25, -0.2) is 13.6 Å². The summed E-state index contributed by atoms with van der Waals surface area (Å²) < 4.78 is 33.0. The molecule has 0 aromatic carbocycles. The second kappa shape index (κ2) is 3.66. The molecule has 0 aliphatic carbocycles. The monoisotopic (exact) mass is 263 g/mol. The zero-order valence-electron chi connectivity index (χ0n) is 9.93. The Labute approximate surface area is 101 Å². The Morgan fingerprint density at radius 1 is 1.47 bits per heavy atom. The number of hydrogen-bond donors (Lipinski definition) is 1. The summed E-state index contributed by atoms with van der Waals surface area (Å²) in [6, 6.07) is 0. The van der Waals surface area contributed by atoms with Gasteiger partial charge in [-0.2, -0.15) is 0 Å². The third-order valence-electron chi connectivity index (χ3n) is 3.36. The molecule has 2 rings (SSSR count). The number of cyclic esters (lactones) is 1. The number of primary sulfonamides is 1. The molecule has 2 N–H and O–H groups in total. The molecule has 0 radical (unpaired) electrons. The Morgan fingerprint density at radius 3 is 2.59 bits per heavy atom. The third kappa shape index (κ3) is 2.61. The summed E-state index contributed by atoms with van der Waals surface area (Å²) in [5.41, 5.74) is -0.891. The Morgan fingerprint density at radius 2 is 2.12 bits per heavy atom. The predicted molar refractivity (Wildman–Crippen MR) is 59.6 cm³/mol. The second-order valence-electron chi connectivity index (χ2n) is 5.57. The molecule has 0 bridgehead atoms. The smallest absolute Gasteiger partial charge is 0.306 e. The number of esters is 1. The first-order chi connectivity index (χ1) is 7.62. The van der Waals surface area contributed by atoms with Crippen molar-refractivity contribution < 1.29 is 22.7 Å². The summed E-state index contributed by atoms with van der Waals surface area (Å²) in [6.07, 6.45) is 0.120. The maximum atomic E-state index is 11.4. The lowest BCUT2D eigenvalue weighted by atomic mass is 9.77. The highest BCUT2D eigenvalue weighted by Gasteiger charge is 2.57. The van der Waals surface area contributed by atoms with Gasteiger partial charge in [-0.15, -0.1) is 0 Å². The van der Waals surface area contributed by atoms with E-state index in [9.17, 15) is 13.2 Å². The van der Waals surface area contributed by atoms with E-state index >= 15 is 0 Å². The Kier molecular flexibility index (Phi) is 2.76. The molecule has 0 saturated carbocycles. The van der Waals surface area contributed by atoms with Crippen LogP contribution in [0.5, 0.6) is 0 Å². The average Bonchev–Trinajstić information content (AvgIpc) is 2.52. The minimum Gasteiger partial charge on any atom is -0.460 e. The van der Waals surface area contributed by atoms with Gasteiger partial charge in [0.2, 0.25) is 10.0 Å². The van der Waals surface area contributed by atoms with E-state index in [1.54, 1.807) is 0 Å². The van der Waals surface area contributed by atoms with E-state index in [0.717, 1.165) is 0 Å². The van der Waals surface area contributed by atoms with Gasteiger partial charge in [0.05, 0.1) is 18.6 Å². The first-order valence-corrected chi connectivity index (χ1v) is 7.17. The molecule has 6 nitrogen and oxygen atoms in total. The Balaban J connectivity index is 2.23. The summed E-state index contributed by atoms with van der Waals surface area (Å²) in [6.45, 7) is 4.17. The zero-order chi connectivity index (χ0) is 12.9. The van der Waals surface area contributed by atoms with E-state index < -0.39 is 21.5 Å². The molecule has 2 unspecified atom stereocenters. The fourth-order valence-electron chi connectivity index (χ4n) is 2.76. The molecule has 0 aromatic heterocycles. The minimum absolute atomic E-state index is 0.205. The third-order valence-corrected chi connectivity index (χ3v) is 4.13. The first-order valence-electron chi connectivity index (χ1n) is 5.46. The van der Waals surface area contributed by atoms with Crippen LogP contribution in [0.15, 0.2) is 0 Å². The first kappa shape index (κ1) is 12.8. The van der Waals surface area contributed by atoms with E-state index in [4.69, 9.17) is 14.6 Å². The number of carbonyl (C=O) groups is 1. The molecule has 98 valence electrons. The summed E-state index contributed by atoms with van der Waals surface area (Å²) >= 11 is 0. The molecular formula is C10H17NO5S. The van der Waals surface area contributed by atoms with Gasteiger partial charge in [0, 0.05) is 5.41 Å². The van der Waals surface area contributed by atoms with Gasteiger partial charge in [-0.3, -0.25) is 4.79 Å². The highest BCUT2D eigenvalue weighted by molar-refractivity contribution is 7.89. The SMILES string of the molecule is CC1(C)CC2(CO1)CC(=O)OC2CS(N)(=O)=O. The van der Waals surface area contributed by atoms with Crippen molar-refractivity contribution in [3.05, 3.63) is 0 Å². The van der Waals surface area contributed by atoms with Crippen molar-refractivity contribution in [3.8, 4) is 0 Å². The molecule has 0 aromatic rings. The van der Waals surface area contributed by atoms with Crippen LogP contribution in [0.4, 0.5) is 0 Å². The molecule has 2 saturated heterocycles. The number of nitrogens with two attached hydrogens (primary N) is 1. The Bertz CT molecular complexity index is 444. The second-order valence-corrected chi connectivity index (χ2v) is 7.23. The van der Waals surface area contributed by atoms with E-state index in [0.29, 0.717) is 13.0 Å². The number of sulfonamides is 1. The number of hydrogen-bond acceptors (Lipinski definition) is 5. The van der Waals surface area contributed by atoms with Crippen LogP contribution in [0, 0.1) is 5.41 Å². The van der Waals surface area contributed by atoms with Crippen LogP contribution >= 0.6 is 0 Å². The van der Waals surface area contributed by atoms with Gasteiger partial charge in [0.25, 0.3) is 0 Å². The van der Waals surface area contributed by atoms with Gasteiger partial charge in [0.15, 0.2) is 0 Å². The van der Waals surface area contributed by atoms with Crippen LogP contribution in [0.1, 0.15) is 26.7 Å². The quantitative estimate of drug-likeness (QED) is 0.695. The van der Waals surface area contributed by atoms with Crippen LogP contribution < -0.4 is 5.14 Å². The van der Waals surface area contributed by atoms with Crippen molar-refractivity contribution in [1.82, 2.24) is 0 Å². The molecule has 2 aliphatic rings. The number of rotatable bonds is 2. The standard InChI is InChI=1S/C10H17NO5S/c1-9(2)5-10(6-15-9)3-8(12)16-7(10)4-17(11,13)14/h7H,3-6H2,1-2H3,(H2,11,13,14). The minimum atomic E-state index is -3.66. The van der Waals surface area contributed by atoms with Gasteiger partial charge in [-0.05, 0) is 20.3 Å². The van der Waals surface area contributed by atoms with E-state index in [-0.39, 0.29) is 23.7 Å². The van der Waals surface area contributed by atoms with Crippen molar-refractivity contribution in [1.29, 1.82) is 0 Å². The summed E-state index contributed by atoms with van der Waals surface area (Å²) in [4.78, 5) is 11.4. The topological polar surface area (TPSA) is 95.7 Å². The molecule has 17 heavy (non-hydrogen) atoms. The summed E-state index contributed by atoms with van der Waals surface area (Å²) in [5, 5.41) is 5.02. The van der Waals surface area contributed by atoms with Gasteiger partial charge in [-0.1, -0.05) is 0 Å². The van der Waals surface area contributed by atoms with Crippen LogP contribution in [0.25, 0.3) is 0 Å². The highest BCUT2D eigenvalue weighted by Crippen LogP contribution is 2.49. The molecule has 2 heterocycles. The van der Waals surface area contributed by atoms with Crippen molar-refractivity contribution in [2.24, 2.45) is 10.6 Å². The van der Waals surface area contributed by atoms with Crippen LogP contribution in [0.3, 0.4) is 0 Å². The predicted octanol–water partition coefficient (Wildman–Crippen LogP) is -0.224. The van der Waals surface area contributed by atoms with Crippen LogP contribution in [-0.4, -0.2) is 38.5 Å². The molecular weight excluding hydrogens is 246 g/mol. The van der Waals surface area contributed by atoms with Crippen molar-refractivity contribution in [3.63, 3.8) is 0 Å².